The van der Waals surface area contributed by atoms with Gasteiger partial charge in [0, 0.05) is 17.1 Å². The SMILES string of the molecule is COc1cc(-c2ccc(F)cn2)cc2c(NC(C)n3ccc(C)n3)ncnc12. The minimum atomic E-state index is -0.384. The van der Waals surface area contributed by atoms with Crippen molar-refractivity contribution in [1.82, 2.24) is 24.7 Å². The van der Waals surface area contributed by atoms with Gasteiger partial charge in [-0.25, -0.2) is 14.4 Å². The van der Waals surface area contributed by atoms with E-state index in [9.17, 15) is 4.39 Å². The van der Waals surface area contributed by atoms with E-state index in [1.807, 2.05) is 42.9 Å². The fraction of sp³-hybridized carbons (Fsp3) is 0.200. The lowest BCUT2D eigenvalue weighted by atomic mass is 10.1. The maximum absolute atomic E-state index is 13.2. The molecule has 7 nitrogen and oxygen atoms in total. The average molecular weight is 378 g/mol. The van der Waals surface area contributed by atoms with E-state index < -0.39 is 0 Å². The van der Waals surface area contributed by atoms with E-state index in [4.69, 9.17) is 4.74 Å². The van der Waals surface area contributed by atoms with Crippen molar-refractivity contribution < 1.29 is 9.13 Å². The van der Waals surface area contributed by atoms with E-state index in [1.54, 1.807) is 13.2 Å². The van der Waals surface area contributed by atoms with Crippen LogP contribution in [0, 0.1) is 12.7 Å². The van der Waals surface area contributed by atoms with Crippen LogP contribution in [0.4, 0.5) is 10.2 Å². The number of aryl methyl sites for hydroxylation is 1. The minimum absolute atomic E-state index is 0.120. The number of anilines is 1. The number of pyridine rings is 1. The molecule has 1 N–H and O–H groups in total. The standard InChI is InChI=1S/C20H19FN6O/c1-12-6-7-27(26-12)13(2)25-20-16-8-14(17-5-4-15(21)10-22-17)9-18(28-3)19(16)23-11-24-20/h4-11,13H,1-3H3,(H,23,24,25). The molecule has 1 aromatic carbocycles. The van der Waals surface area contributed by atoms with Gasteiger partial charge in [-0.3, -0.25) is 9.67 Å². The largest absolute Gasteiger partial charge is 0.494 e. The Morgan fingerprint density at radius 3 is 2.68 bits per heavy atom. The van der Waals surface area contributed by atoms with Gasteiger partial charge in [0.25, 0.3) is 0 Å². The molecule has 0 aliphatic carbocycles. The Labute approximate surface area is 161 Å². The molecule has 4 aromatic rings. The first-order valence-electron chi connectivity index (χ1n) is 8.78. The van der Waals surface area contributed by atoms with Crippen molar-refractivity contribution in [2.24, 2.45) is 0 Å². The van der Waals surface area contributed by atoms with Gasteiger partial charge in [-0.2, -0.15) is 5.10 Å². The van der Waals surface area contributed by atoms with Crippen LogP contribution in [0.2, 0.25) is 0 Å². The first-order valence-corrected chi connectivity index (χ1v) is 8.78. The Morgan fingerprint density at radius 2 is 2.00 bits per heavy atom. The second-order valence-electron chi connectivity index (χ2n) is 6.42. The summed E-state index contributed by atoms with van der Waals surface area (Å²) in [5, 5.41) is 8.58. The Kier molecular flexibility index (Phi) is 4.60. The molecule has 0 saturated heterocycles. The van der Waals surface area contributed by atoms with E-state index >= 15 is 0 Å². The highest BCUT2D eigenvalue weighted by molar-refractivity contribution is 5.96. The number of fused-ring (bicyclic) bond motifs is 1. The van der Waals surface area contributed by atoms with Crippen LogP contribution in [0.25, 0.3) is 22.2 Å². The summed E-state index contributed by atoms with van der Waals surface area (Å²) in [4.78, 5) is 12.9. The number of aromatic nitrogens is 5. The molecule has 0 spiro atoms. The zero-order valence-corrected chi connectivity index (χ0v) is 15.7. The summed E-state index contributed by atoms with van der Waals surface area (Å²) in [5.74, 6) is 0.852. The number of halogens is 1. The summed E-state index contributed by atoms with van der Waals surface area (Å²) in [6, 6.07) is 8.70. The molecule has 0 fully saturated rings. The van der Waals surface area contributed by atoms with Crippen LogP contribution in [-0.2, 0) is 0 Å². The Balaban J connectivity index is 1.80. The highest BCUT2D eigenvalue weighted by atomic mass is 19.1. The van der Waals surface area contributed by atoms with Crippen molar-refractivity contribution in [1.29, 1.82) is 0 Å². The van der Waals surface area contributed by atoms with Crippen LogP contribution >= 0.6 is 0 Å². The number of rotatable bonds is 5. The van der Waals surface area contributed by atoms with E-state index in [-0.39, 0.29) is 12.0 Å². The molecule has 0 bridgehead atoms. The third kappa shape index (κ3) is 3.36. The van der Waals surface area contributed by atoms with Crippen LogP contribution in [0.15, 0.2) is 49.1 Å². The van der Waals surface area contributed by atoms with Crippen molar-refractivity contribution in [3.8, 4) is 17.0 Å². The minimum Gasteiger partial charge on any atom is -0.494 e. The van der Waals surface area contributed by atoms with Crippen molar-refractivity contribution in [3.05, 3.63) is 60.6 Å². The summed E-state index contributed by atoms with van der Waals surface area (Å²) in [5.41, 5.74) is 3.03. The van der Waals surface area contributed by atoms with Gasteiger partial charge in [-0.05, 0) is 44.2 Å². The molecule has 142 valence electrons. The zero-order valence-electron chi connectivity index (χ0n) is 15.7. The van der Waals surface area contributed by atoms with E-state index in [2.05, 4.69) is 25.4 Å². The third-order valence-corrected chi connectivity index (χ3v) is 4.43. The quantitative estimate of drug-likeness (QED) is 0.566. The molecule has 0 radical (unpaired) electrons. The Hall–Kier alpha value is -3.55. The van der Waals surface area contributed by atoms with Crippen LogP contribution < -0.4 is 10.1 Å². The molecule has 0 amide bonds. The first kappa shape index (κ1) is 17.8. The zero-order chi connectivity index (χ0) is 19.7. The normalized spacial score (nSPS) is 12.1. The summed E-state index contributed by atoms with van der Waals surface area (Å²) in [6.45, 7) is 3.93. The second-order valence-corrected chi connectivity index (χ2v) is 6.42. The molecule has 8 heteroatoms. The molecule has 0 aliphatic rings. The van der Waals surface area contributed by atoms with Gasteiger partial charge >= 0.3 is 0 Å². The maximum Gasteiger partial charge on any atom is 0.145 e. The number of ether oxygens (including phenoxy) is 1. The van der Waals surface area contributed by atoms with Gasteiger partial charge in [0.15, 0.2) is 0 Å². The van der Waals surface area contributed by atoms with Crippen LogP contribution in [-0.4, -0.2) is 31.8 Å². The number of nitrogens with zero attached hydrogens (tertiary/aromatic N) is 5. The fourth-order valence-electron chi connectivity index (χ4n) is 3.01. The molecule has 4 rings (SSSR count). The average Bonchev–Trinajstić information content (AvgIpc) is 3.14. The van der Waals surface area contributed by atoms with Gasteiger partial charge in [0.1, 0.15) is 35.4 Å². The van der Waals surface area contributed by atoms with E-state index in [0.29, 0.717) is 22.8 Å². The van der Waals surface area contributed by atoms with Crippen LogP contribution in [0.1, 0.15) is 18.8 Å². The molecule has 3 aromatic heterocycles. The second kappa shape index (κ2) is 7.22. The van der Waals surface area contributed by atoms with Gasteiger partial charge < -0.3 is 10.1 Å². The van der Waals surface area contributed by atoms with Gasteiger partial charge in [0.05, 0.1) is 24.7 Å². The maximum atomic E-state index is 13.2. The summed E-state index contributed by atoms with van der Waals surface area (Å²) in [7, 11) is 1.58. The predicted octanol–water partition coefficient (Wildman–Crippen LogP) is 3.98. The van der Waals surface area contributed by atoms with Crippen molar-refractivity contribution in [3.63, 3.8) is 0 Å². The highest BCUT2D eigenvalue weighted by Gasteiger charge is 2.15. The van der Waals surface area contributed by atoms with Crippen LogP contribution in [0.3, 0.4) is 0 Å². The first-order chi connectivity index (χ1) is 13.5. The fourth-order valence-corrected chi connectivity index (χ4v) is 3.01. The number of nitrogens with one attached hydrogen (secondary N) is 1. The topological polar surface area (TPSA) is 77.8 Å². The Morgan fingerprint density at radius 1 is 1.14 bits per heavy atom. The van der Waals surface area contributed by atoms with Gasteiger partial charge in [-0.1, -0.05) is 0 Å². The smallest absolute Gasteiger partial charge is 0.145 e. The molecule has 3 heterocycles. The molecule has 0 saturated carbocycles. The van der Waals surface area contributed by atoms with E-state index in [0.717, 1.165) is 16.6 Å². The molecule has 1 atom stereocenters. The predicted molar refractivity (Wildman–Crippen MR) is 105 cm³/mol. The highest BCUT2D eigenvalue weighted by Crippen LogP contribution is 2.34. The number of benzene rings is 1. The molecular formula is C20H19FN6O. The molecule has 0 aliphatic heterocycles. The lowest BCUT2D eigenvalue weighted by molar-refractivity contribution is 0.419. The number of hydrogen-bond donors (Lipinski definition) is 1. The van der Waals surface area contributed by atoms with Crippen molar-refractivity contribution >= 4 is 16.7 Å². The van der Waals surface area contributed by atoms with Crippen molar-refractivity contribution in [2.45, 2.75) is 20.0 Å². The molecule has 1 unspecified atom stereocenters. The molecule has 28 heavy (non-hydrogen) atoms. The Bertz CT molecular complexity index is 1130. The number of hydrogen-bond acceptors (Lipinski definition) is 6. The number of methoxy groups -OCH3 is 1. The van der Waals surface area contributed by atoms with Crippen LogP contribution in [0.5, 0.6) is 5.75 Å². The summed E-state index contributed by atoms with van der Waals surface area (Å²) < 4.78 is 20.6. The van der Waals surface area contributed by atoms with Gasteiger partial charge in [-0.15, -0.1) is 0 Å². The lowest BCUT2D eigenvalue weighted by Crippen LogP contribution is -2.16. The monoisotopic (exact) mass is 378 g/mol. The van der Waals surface area contributed by atoms with Gasteiger partial charge in [0.2, 0.25) is 0 Å². The molecular weight excluding hydrogens is 359 g/mol. The summed E-state index contributed by atoms with van der Waals surface area (Å²) in [6.07, 6.45) is 4.47. The lowest BCUT2D eigenvalue weighted by Gasteiger charge is -2.17. The van der Waals surface area contributed by atoms with E-state index in [1.165, 1.54) is 18.6 Å². The third-order valence-electron chi connectivity index (χ3n) is 4.43. The summed E-state index contributed by atoms with van der Waals surface area (Å²) >= 11 is 0. The van der Waals surface area contributed by atoms with Crippen molar-refractivity contribution in [2.75, 3.05) is 12.4 Å².